The molecule has 0 aliphatic heterocycles. The molecule has 0 radical (unpaired) electrons. The monoisotopic (exact) mass is 447 g/mol. The van der Waals surface area contributed by atoms with Crippen LogP contribution in [0.15, 0.2) is 48.5 Å². The van der Waals surface area contributed by atoms with Crippen molar-refractivity contribution in [2.24, 2.45) is 0 Å². The summed E-state index contributed by atoms with van der Waals surface area (Å²) >= 11 is 0. The van der Waals surface area contributed by atoms with Gasteiger partial charge in [0.15, 0.2) is 5.82 Å². The van der Waals surface area contributed by atoms with Crippen LogP contribution in [0.1, 0.15) is 71.1 Å². The lowest BCUT2D eigenvalue weighted by molar-refractivity contribution is 0.304. The summed E-state index contributed by atoms with van der Waals surface area (Å²) in [5.74, 6) is 1.63. The Morgan fingerprint density at radius 2 is 1.03 bits per heavy atom. The predicted octanol–water partition coefficient (Wildman–Crippen LogP) is 6.67. The van der Waals surface area contributed by atoms with E-state index in [9.17, 15) is 0 Å². The summed E-state index contributed by atoms with van der Waals surface area (Å²) in [4.78, 5) is 12.1. The first-order valence-electron chi connectivity index (χ1n) is 12.3. The van der Waals surface area contributed by atoms with E-state index in [4.69, 9.17) is 16.2 Å². The molecule has 0 spiro atoms. The molecule has 3 rings (SSSR count). The Morgan fingerprint density at radius 1 is 0.576 bits per heavy atom. The van der Waals surface area contributed by atoms with Crippen molar-refractivity contribution in [2.75, 3.05) is 18.1 Å². The highest BCUT2D eigenvalue weighted by atomic mass is 16.5. The quantitative estimate of drug-likeness (QED) is 0.268. The van der Waals surface area contributed by atoms with Crippen LogP contribution in [-0.4, -0.2) is 21.6 Å². The molecule has 0 aliphatic carbocycles. The summed E-state index contributed by atoms with van der Waals surface area (Å²) in [5.41, 5.74) is 14.4. The van der Waals surface area contributed by atoms with Gasteiger partial charge in [0.25, 0.3) is 0 Å². The molecule has 0 unspecified atom stereocenters. The highest BCUT2D eigenvalue weighted by Gasteiger charge is 2.06. The molecular weight excluding hydrogens is 410 g/mol. The minimum absolute atomic E-state index is 0.120. The Hall–Kier alpha value is -3.15. The Balaban J connectivity index is 1.38. The van der Waals surface area contributed by atoms with Gasteiger partial charge in [-0.15, -0.1) is 0 Å². The van der Waals surface area contributed by atoms with Crippen LogP contribution in [0.25, 0.3) is 22.5 Å². The van der Waals surface area contributed by atoms with E-state index < -0.39 is 0 Å². The Kier molecular flexibility index (Phi) is 9.95. The topological polar surface area (TPSA) is 99.9 Å². The van der Waals surface area contributed by atoms with Crippen molar-refractivity contribution in [3.63, 3.8) is 0 Å². The van der Waals surface area contributed by atoms with E-state index >= 15 is 0 Å². The van der Waals surface area contributed by atoms with Gasteiger partial charge in [-0.25, -0.2) is 0 Å². The molecule has 3 aromatic rings. The molecule has 4 N–H and O–H groups in total. The molecule has 2 aromatic carbocycles. The molecule has 1 aromatic heterocycles. The maximum Gasteiger partial charge on any atom is 0.225 e. The number of aromatic nitrogens is 3. The molecule has 0 saturated heterocycles. The zero-order valence-corrected chi connectivity index (χ0v) is 19.8. The van der Waals surface area contributed by atoms with Gasteiger partial charge < -0.3 is 16.2 Å². The average molecular weight is 448 g/mol. The van der Waals surface area contributed by atoms with Gasteiger partial charge in [0.2, 0.25) is 11.9 Å². The molecule has 1 heterocycles. The molecule has 0 fully saturated rings. The molecule has 0 bridgehead atoms. The molecule has 176 valence electrons. The number of ether oxygens (including phenoxy) is 1. The SMILES string of the molecule is CCCCCCCCCCCCOc1ccc(-c2ccc(-c3nc(N)nc(N)n3)cc2)cc1. The van der Waals surface area contributed by atoms with Crippen molar-refractivity contribution in [3.8, 4) is 28.3 Å². The second-order valence-corrected chi connectivity index (χ2v) is 8.51. The second kappa shape index (κ2) is 13.4. The number of benzene rings is 2. The van der Waals surface area contributed by atoms with Crippen molar-refractivity contribution in [1.29, 1.82) is 0 Å². The summed E-state index contributed by atoms with van der Waals surface area (Å²) in [6, 6.07) is 16.2. The van der Waals surface area contributed by atoms with Gasteiger partial charge in [0, 0.05) is 5.56 Å². The van der Waals surface area contributed by atoms with Crippen LogP contribution in [0, 0.1) is 0 Å². The van der Waals surface area contributed by atoms with Crippen molar-refractivity contribution in [3.05, 3.63) is 48.5 Å². The number of unbranched alkanes of at least 4 members (excludes halogenated alkanes) is 9. The Morgan fingerprint density at radius 3 is 1.58 bits per heavy atom. The minimum Gasteiger partial charge on any atom is -0.494 e. The number of anilines is 2. The predicted molar refractivity (Wildman–Crippen MR) is 137 cm³/mol. The lowest BCUT2D eigenvalue weighted by Gasteiger charge is -2.08. The lowest BCUT2D eigenvalue weighted by Crippen LogP contribution is -2.04. The zero-order chi connectivity index (χ0) is 23.3. The van der Waals surface area contributed by atoms with Crippen molar-refractivity contribution >= 4 is 11.9 Å². The fraction of sp³-hybridized carbons (Fsp3) is 0.444. The molecule has 0 aliphatic rings. The first kappa shape index (κ1) is 24.5. The summed E-state index contributed by atoms with van der Waals surface area (Å²) in [6.07, 6.45) is 13.3. The van der Waals surface area contributed by atoms with E-state index in [2.05, 4.69) is 34.0 Å². The van der Waals surface area contributed by atoms with E-state index in [0.717, 1.165) is 35.5 Å². The maximum atomic E-state index is 5.92. The molecule has 33 heavy (non-hydrogen) atoms. The summed E-state index contributed by atoms with van der Waals surface area (Å²) in [7, 11) is 0. The van der Waals surface area contributed by atoms with Gasteiger partial charge in [0.1, 0.15) is 5.75 Å². The van der Waals surface area contributed by atoms with E-state index in [-0.39, 0.29) is 11.9 Å². The molecule has 6 heteroatoms. The van der Waals surface area contributed by atoms with E-state index in [1.165, 1.54) is 57.8 Å². The van der Waals surface area contributed by atoms with Crippen LogP contribution < -0.4 is 16.2 Å². The van der Waals surface area contributed by atoms with Crippen molar-refractivity contribution in [2.45, 2.75) is 71.1 Å². The summed E-state index contributed by atoms with van der Waals surface area (Å²) in [5, 5.41) is 0. The van der Waals surface area contributed by atoms with Gasteiger partial charge in [0.05, 0.1) is 6.61 Å². The third-order valence-corrected chi connectivity index (χ3v) is 5.77. The lowest BCUT2D eigenvalue weighted by atomic mass is 10.0. The van der Waals surface area contributed by atoms with Crippen molar-refractivity contribution < 1.29 is 4.74 Å². The first-order chi connectivity index (χ1) is 16.2. The van der Waals surface area contributed by atoms with Crippen LogP contribution in [0.5, 0.6) is 5.75 Å². The van der Waals surface area contributed by atoms with Gasteiger partial charge in [-0.3, -0.25) is 0 Å². The van der Waals surface area contributed by atoms with Gasteiger partial charge >= 0.3 is 0 Å². The second-order valence-electron chi connectivity index (χ2n) is 8.51. The van der Waals surface area contributed by atoms with Crippen LogP contribution in [-0.2, 0) is 0 Å². The van der Waals surface area contributed by atoms with Gasteiger partial charge in [-0.1, -0.05) is 101 Å². The van der Waals surface area contributed by atoms with Gasteiger partial charge in [-0.05, 0) is 29.7 Å². The molecule has 0 amide bonds. The Bertz CT molecular complexity index is 937. The molecule has 0 atom stereocenters. The Labute approximate surface area is 197 Å². The third kappa shape index (κ3) is 8.37. The number of nitrogens with zero attached hydrogens (tertiary/aromatic N) is 3. The largest absolute Gasteiger partial charge is 0.494 e. The van der Waals surface area contributed by atoms with Crippen LogP contribution in [0.4, 0.5) is 11.9 Å². The average Bonchev–Trinajstić information content (AvgIpc) is 2.82. The molecular formula is C27H37N5O. The maximum absolute atomic E-state index is 5.92. The number of nitrogens with two attached hydrogens (primary N) is 2. The van der Waals surface area contributed by atoms with Crippen LogP contribution in [0.3, 0.4) is 0 Å². The van der Waals surface area contributed by atoms with Crippen LogP contribution in [0.2, 0.25) is 0 Å². The van der Waals surface area contributed by atoms with E-state index in [1.54, 1.807) is 0 Å². The third-order valence-electron chi connectivity index (χ3n) is 5.77. The summed E-state index contributed by atoms with van der Waals surface area (Å²) < 4.78 is 5.92. The first-order valence-corrected chi connectivity index (χ1v) is 12.3. The van der Waals surface area contributed by atoms with Crippen molar-refractivity contribution in [1.82, 2.24) is 15.0 Å². The highest BCUT2D eigenvalue weighted by Crippen LogP contribution is 2.25. The van der Waals surface area contributed by atoms with Gasteiger partial charge in [-0.2, -0.15) is 15.0 Å². The number of rotatable bonds is 14. The fourth-order valence-corrected chi connectivity index (χ4v) is 3.87. The smallest absolute Gasteiger partial charge is 0.225 e. The number of hydrogen-bond donors (Lipinski definition) is 2. The normalized spacial score (nSPS) is 10.9. The summed E-state index contributed by atoms with van der Waals surface area (Å²) in [6.45, 7) is 3.05. The molecule has 0 saturated carbocycles. The van der Waals surface area contributed by atoms with E-state index in [1.807, 2.05) is 36.4 Å². The highest BCUT2D eigenvalue weighted by molar-refractivity contribution is 5.68. The standard InChI is InChI=1S/C27H37N5O/c1-2-3-4-5-6-7-8-9-10-11-20-33-24-18-16-22(17-19-24)21-12-14-23(15-13-21)25-30-26(28)32-27(29)31-25/h12-19H,2-11,20H2,1H3,(H4,28,29,30,31,32). The van der Waals surface area contributed by atoms with Crippen LogP contribution >= 0.6 is 0 Å². The van der Waals surface area contributed by atoms with E-state index in [0.29, 0.717) is 5.82 Å². The fourth-order valence-electron chi connectivity index (χ4n) is 3.87. The molecule has 6 nitrogen and oxygen atoms in total. The minimum atomic E-state index is 0.120. The zero-order valence-electron chi connectivity index (χ0n) is 19.8. The number of nitrogen functional groups attached to an aromatic ring is 2. The number of hydrogen-bond acceptors (Lipinski definition) is 6.